The molecule has 4 amide bonds. The number of likely N-dealkylation sites (tertiary alicyclic amines) is 2. The molecule has 2 saturated heterocycles. The second-order valence-corrected chi connectivity index (χ2v) is 16.5. The van der Waals surface area contributed by atoms with E-state index in [4.69, 9.17) is 0 Å². The molecular weight excluding hydrogens is 580 g/mol. The Morgan fingerprint density at radius 1 is 0.870 bits per heavy atom. The van der Waals surface area contributed by atoms with Gasteiger partial charge in [0.15, 0.2) is 0 Å². The van der Waals surface area contributed by atoms with Crippen LogP contribution in [-0.4, -0.2) is 121 Å². The molecule has 10 heteroatoms. The van der Waals surface area contributed by atoms with Gasteiger partial charge in [-0.3, -0.25) is 24.1 Å². The number of amides is 4. The quantitative estimate of drug-likeness (QED) is 0.294. The first-order valence-electron chi connectivity index (χ1n) is 17.4. The molecule has 0 radical (unpaired) electrons. The summed E-state index contributed by atoms with van der Waals surface area (Å²) in [6.45, 7) is 23.0. The van der Waals surface area contributed by atoms with Gasteiger partial charge in [0.1, 0.15) is 12.1 Å². The Hall–Kier alpha value is -2.46. The maximum absolute atomic E-state index is 14.2. The van der Waals surface area contributed by atoms with Crippen molar-refractivity contribution in [2.45, 2.75) is 132 Å². The highest BCUT2D eigenvalue weighted by molar-refractivity contribution is 5.97. The highest BCUT2D eigenvalue weighted by Gasteiger charge is 2.40. The van der Waals surface area contributed by atoms with E-state index < -0.39 is 17.5 Å². The summed E-state index contributed by atoms with van der Waals surface area (Å²) in [5, 5.41) is 6.23. The molecule has 0 aromatic carbocycles. The lowest BCUT2D eigenvalue weighted by molar-refractivity contribution is -0.142. The summed E-state index contributed by atoms with van der Waals surface area (Å²) < 4.78 is 0. The number of hydrogen-bond acceptors (Lipinski definition) is 6. The standard InChI is InChI=1S/C36H66N6O4/c1-24(2)29(21-26(5)33(45)42-20-16-18-27(42)31(43)37-22-36(9,10)23-39(11)12)40(13)34(46)30(35(6,7)8)38-32(44)28-17-14-15-19-41(28)25(3)4/h21,24-25,27-30H,14-20,22-23H2,1-13H3,(H,37,43)(H,38,44)/b26-21+/t27?,28?,29-,30?/m1/s1. The number of hydrogen-bond donors (Lipinski definition) is 2. The average Bonchev–Trinajstić information content (AvgIpc) is 3.44. The summed E-state index contributed by atoms with van der Waals surface area (Å²) in [5.74, 6) is -0.554. The molecule has 2 aliphatic rings. The summed E-state index contributed by atoms with van der Waals surface area (Å²) in [7, 11) is 5.79. The van der Waals surface area contributed by atoms with E-state index in [1.54, 1.807) is 23.8 Å². The molecule has 0 aliphatic carbocycles. The van der Waals surface area contributed by atoms with Gasteiger partial charge in [0.25, 0.3) is 0 Å². The highest BCUT2D eigenvalue weighted by atomic mass is 16.2. The average molecular weight is 647 g/mol. The van der Waals surface area contributed by atoms with E-state index in [0.717, 1.165) is 38.8 Å². The second-order valence-electron chi connectivity index (χ2n) is 16.5. The van der Waals surface area contributed by atoms with Gasteiger partial charge < -0.3 is 25.3 Å². The van der Waals surface area contributed by atoms with E-state index >= 15 is 0 Å². The zero-order valence-corrected chi connectivity index (χ0v) is 31.3. The maximum Gasteiger partial charge on any atom is 0.249 e. The molecule has 46 heavy (non-hydrogen) atoms. The van der Waals surface area contributed by atoms with Gasteiger partial charge >= 0.3 is 0 Å². The number of nitrogens with one attached hydrogen (secondary N) is 2. The summed E-state index contributed by atoms with van der Waals surface area (Å²) in [6, 6.07) is -1.61. The van der Waals surface area contributed by atoms with Crippen LogP contribution in [0.5, 0.6) is 0 Å². The molecule has 0 saturated carbocycles. The number of carbonyl (C=O) groups is 4. The monoisotopic (exact) mass is 647 g/mol. The van der Waals surface area contributed by atoms with Gasteiger partial charge in [-0.25, -0.2) is 0 Å². The lowest BCUT2D eigenvalue weighted by Gasteiger charge is -2.41. The fraction of sp³-hybridized carbons (Fsp3) is 0.833. The second kappa shape index (κ2) is 16.6. The molecule has 2 heterocycles. The largest absolute Gasteiger partial charge is 0.354 e. The van der Waals surface area contributed by atoms with Gasteiger partial charge in [-0.2, -0.15) is 0 Å². The van der Waals surface area contributed by atoms with Crippen LogP contribution in [0.2, 0.25) is 0 Å². The third-order valence-electron chi connectivity index (χ3n) is 9.45. The summed E-state index contributed by atoms with van der Waals surface area (Å²) in [4.78, 5) is 62.5. The van der Waals surface area contributed by atoms with E-state index in [1.165, 1.54) is 0 Å². The maximum atomic E-state index is 14.2. The van der Waals surface area contributed by atoms with E-state index in [0.29, 0.717) is 25.1 Å². The van der Waals surface area contributed by atoms with Crippen molar-refractivity contribution < 1.29 is 19.2 Å². The van der Waals surface area contributed by atoms with Crippen LogP contribution in [-0.2, 0) is 19.2 Å². The topological polar surface area (TPSA) is 105 Å². The van der Waals surface area contributed by atoms with Crippen LogP contribution < -0.4 is 10.6 Å². The first-order chi connectivity index (χ1) is 21.2. The van der Waals surface area contributed by atoms with Gasteiger partial charge in [-0.15, -0.1) is 0 Å². The third-order valence-corrected chi connectivity index (χ3v) is 9.45. The normalized spacial score (nSPS) is 21.5. The van der Waals surface area contributed by atoms with Crippen LogP contribution >= 0.6 is 0 Å². The molecule has 3 unspecified atom stereocenters. The first kappa shape index (κ1) is 39.7. The number of likely N-dealkylation sites (N-methyl/N-ethyl adjacent to an activating group) is 1. The highest BCUT2D eigenvalue weighted by Crippen LogP contribution is 2.27. The molecule has 0 aromatic heterocycles. The first-order valence-corrected chi connectivity index (χ1v) is 17.4. The number of carbonyl (C=O) groups excluding carboxylic acids is 4. The number of rotatable bonds is 13. The Labute approximate surface area is 280 Å². The fourth-order valence-electron chi connectivity index (χ4n) is 7.04. The van der Waals surface area contributed by atoms with Crippen LogP contribution in [0.4, 0.5) is 0 Å². The van der Waals surface area contributed by atoms with Crippen molar-refractivity contribution in [1.29, 1.82) is 0 Å². The third kappa shape index (κ3) is 10.8. The Bertz CT molecular complexity index is 1090. The van der Waals surface area contributed by atoms with Crippen molar-refractivity contribution >= 4 is 23.6 Å². The Kier molecular flexibility index (Phi) is 14.3. The molecule has 2 rings (SSSR count). The molecule has 2 N–H and O–H groups in total. The van der Waals surface area contributed by atoms with Gasteiger partial charge in [0.2, 0.25) is 23.6 Å². The van der Waals surface area contributed by atoms with Crippen LogP contribution in [0.25, 0.3) is 0 Å². The minimum Gasteiger partial charge on any atom is -0.354 e. The van der Waals surface area contributed by atoms with Gasteiger partial charge in [0, 0.05) is 38.3 Å². The minimum absolute atomic E-state index is 0.0133. The lowest BCUT2D eigenvalue weighted by Crippen LogP contribution is -2.60. The predicted octanol–water partition coefficient (Wildman–Crippen LogP) is 3.90. The molecule has 0 aromatic rings. The molecule has 0 bridgehead atoms. The van der Waals surface area contributed by atoms with Gasteiger partial charge in [0.05, 0.1) is 12.1 Å². The molecule has 264 valence electrons. The smallest absolute Gasteiger partial charge is 0.249 e. The Balaban J connectivity index is 2.22. The van der Waals surface area contributed by atoms with Crippen molar-refractivity contribution in [3.8, 4) is 0 Å². The van der Waals surface area contributed by atoms with Crippen LogP contribution in [0.3, 0.4) is 0 Å². The fourth-order valence-corrected chi connectivity index (χ4v) is 7.04. The predicted molar refractivity (Wildman–Crippen MR) is 186 cm³/mol. The SMILES string of the molecule is C/C(=C\[C@H](C(C)C)N(C)C(=O)C(NC(=O)C1CCCCN1C(C)C)C(C)(C)C)C(=O)N1CCCC1C(=O)NCC(C)(C)CN(C)C. The van der Waals surface area contributed by atoms with Crippen molar-refractivity contribution in [1.82, 2.24) is 30.2 Å². The number of nitrogens with zero attached hydrogens (tertiary/aromatic N) is 4. The van der Waals surface area contributed by atoms with Crippen molar-refractivity contribution in [3.63, 3.8) is 0 Å². The summed E-state index contributed by atoms with van der Waals surface area (Å²) >= 11 is 0. The van der Waals surface area contributed by atoms with Crippen molar-refractivity contribution in [2.24, 2.45) is 16.7 Å². The zero-order valence-electron chi connectivity index (χ0n) is 31.3. The van der Waals surface area contributed by atoms with E-state index in [2.05, 4.69) is 48.1 Å². The Morgan fingerprint density at radius 2 is 1.48 bits per heavy atom. The Morgan fingerprint density at radius 3 is 2.02 bits per heavy atom. The van der Waals surface area contributed by atoms with Gasteiger partial charge in [-0.05, 0) is 83.8 Å². The molecule has 10 nitrogen and oxygen atoms in total. The minimum atomic E-state index is -0.727. The van der Waals surface area contributed by atoms with Crippen molar-refractivity contribution in [3.05, 3.63) is 11.6 Å². The van der Waals surface area contributed by atoms with Gasteiger partial charge in [-0.1, -0.05) is 61.0 Å². The lowest BCUT2D eigenvalue weighted by atomic mass is 9.84. The number of piperidine rings is 1. The molecule has 2 fully saturated rings. The van der Waals surface area contributed by atoms with E-state index in [-0.39, 0.29) is 53.1 Å². The molecule has 2 aliphatic heterocycles. The molecule has 0 spiro atoms. The van der Waals surface area contributed by atoms with Crippen LogP contribution in [0.1, 0.15) is 101 Å². The van der Waals surface area contributed by atoms with Crippen LogP contribution in [0.15, 0.2) is 11.6 Å². The van der Waals surface area contributed by atoms with Crippen molar-refractivity contribution in [2.75, 3.05) is 47.3 Å². The zero-order chi connectivity index (χ0) is 35.1. The summed E-state index contributed by atoms with van der Waals surface area (Å²) in [5.41, 5.74) is -0.110. The van der Waals surface area contributed by atoms with E-state index in [1.807, 2.05) is 54.8 Å². The van der Waals surface area contributed by atoms with E-state index in [9.17, 15) is 19.2 Å². The molecule has 4 atom stereocenters. The summed E-state index contributed by atoms with van der Waals surface area (Å²) in [6.07, 6.45) is 6.12. The molecular formula is C36H66N6O4. The van der Waals surface area contributed by atoms with Crippen LogP contribution in [0, 0.1) is 16.7 Å².